The standard InChI is InChI=1S/C13H15N5/c1-3-16-13(17-4-1)12-10-11(2-5-15-12)18-8-6-14-7-9-18/h1-5,10,14H,6-9H2. The lowest BCUT2D eigenvalue weighted by molar-refractivity contribution is 0.589. The Morgan fingerprint density at radius 2 is 1.78 bits per heavy atom. The van der Waals surface area contributed by atoms with Crippen LogP contribution in [0.15, 0.2) is 36.8 Å². The summed E-state index contributed by atoms with van der Waals surface area (Å²) in [7, 11) is 0. The molecule has 1 saturated heterocycles. The van der Waals surface area contributed by atoms with Crippen molar-refractivity contribution >= 4 is 5.69 Å². The fourth-order valence-electron chi connectivity index (χ4n) is 2.09. The smallest absolute Gasteiger partial charge is 0.178 e. The Morgan fingerprint density at radius 1 is 1.00 bits per heavy atom. The van der Waals surface area contributed by atoms with Gasteiger partial charge in [-0.25, -0.2) is 9.97 Å². The largest absolute Gasteiger partial charge is 0.369 e. The summed E-state index contributed by atoms with van der Waals surface area (Å²) in [4.78, 5) is 15.2. The van der Waals surface area contributed by atoms with Crippen LogP contribution in [0.25, 0.3) is 11.5 Å². The molecule has 92 valence electrons. The van der Waals surface area contributed by atoms with E-state index in [1.54, 1.807) is 12.4 Å². The molecule has 0 aromatic carbocycles. The molecule has 0 aliphatic carbocycles. The minimum absolute atomic E-state index is 0.675. The first-order chi connectivity index (χ1) is 8.93. The van der Waals surface area contributed by atoms with Crippen LogP contribution in [-0.4, -0.2) is 41.1 Å². The Morgan fingerprint density at radius 3 is 2.56 bits per heavy atom. The predicted octanol–water partition coefficient (Wildman–Crippen LogP) is 0.948. The molecule has 1 fully saturated rings. The van der Waals surface area contributed by atoms with Crippen molar-refractivity contribution in [1.82, 2.24) is 20.3 Å². The molecule has 0 bridgehead atoms. The Balaban J connectivity index is 1.89. The van der Waals surface area contributed by atoms with Crippen molar-refractivity contribution in [2.75, 3.05) is 31.1 Å². The first-order valence-electron chi connectivity index (χ1n) is 6.12. The highest BCUT2D eigenvalue weighted by atomic mass is 15.2. The SMILES string of the molecule is c1cnc(-c2cc(N3CCNCC3)ccn2)nc1. The van der Waals surface area contributed by atoms with Gasteiger partial charge in [0.2, 0.25) is 0 Å². The van der Waals surface area contributed by atoms with Crippen LogP contribution in [0, 0.1) is 0 Å². The van der Waals surface area contributed by atoms with E-state index in [0.29, 0.717) is 5.82 Å². The van der Waals surface area contributed by atoms with Crippen LogP contribution in [0.3, 0.4) is 0 Å². The van der Waals surface area contributed by atoms with Crippen molar-refractivity contribution in [1.29, 1.82) is 0 Å². The van der Waals surface area contributed by atoms with Gasteiger partial charge in [0, 0.05) is 50.5 Å². The topological polar surface area (TPSA) is 53.9 Å². The van der Waals surface area contributed by atoms with Gasteiger partial charge in [0.25, 0.3) is 0 Å². The number of aromatic nitrogens is 3. The second kappa shape index (κ2) is 5.10. The van der Waals surface area contributed by atoms with Crippen molar-refractivity contribution in [3.8, 4) is 11.5 Å². The van der Waals surface area contributed by atoms with E-state index in [4.69, 9.17) is 0 Å². The van der Waals surface area contributed by atoms with Gasteiger partial charge in [-0.05, 0) is 18.2 Å². The Kier molecular flexibility index (Phi) is 3.14. The van der Waals surface area contributed by atoms with Gasteiger partial charge in [0.1, 0.15) is 5.69 Å². The molecule has 3 rings (SSSR count). The number of hydrogen-bond donors (Lipinski definition) is 1. The number of nitrogens with zero attached hydrogens (tertiary/aromatic N) is 4. The molecular formula is C13H15N5. The molecule has 1 aliphatic heterocycles. The number of rotatable bonds is 2. The van der Waals surface area contributed by atoms with Gasteiger partial charge in [0.05, 0.1) is 0 Å². The average molecular weight is 241 g/mol. The molecule has 5 nitrogen and oxygen atoms in total. The zero-order chi connectivity index (χ0) is 12.2. The molecule has 0 unspecified atom stereocenters. The number of hydrogen-bond acceptors (Lipinski definition) is 5. The Hall–Kier alpha value is -2.01. The zero-order valence-electron chi connectivity index (χ0n) is 10.1. The number of anilines is 1. The highest BCUT2D eigenvalue weighted by Crippen LogP contribution is 2.19. The normalized spacial score (nSPS) is 15.7. The van der Waals surface area contributed by atoms with Gasteiger partial charge in [-0.2, -0.15) is 0 Å². The van der Waals surface area contributed by atoms with Crippen LogP contribution < -0.4 is 10.2 Å². The molecule has 0 amide bonds. The molecule has 0 spiro atoms. The summed E-state index contributed by atoms with van der Waals surface area (Å²) in [5.41, 5.74) is 2.01. The summed E-state index contributed by atoms with van der Waals surface area (Å²) < 4.78 is 0. The molecule has 18 heavy (non-hydrogen) atoms. The van der Waals surface area contributed by atoms with Crippen molar-refractivity contribution < 1.29 is 0 Å². The summed E-state index contributed by atoms with van der Waals surface area (Å²) in [6.45, 7) is 4.11. The number of piperazine rings is 1. The third-order valence-corrected chi connectivity index (χ3v) is 3.02. The van der Waals surface area contributed by atoms with Gasteiger partial charge in [-0.15, -0.1) is 0 Å². The molecule has 2 aromatic heterocycles. The van der Waals surface area contributed by atoms with Crippen LogP contribution in [0.4, 0.5) is 5.69 Å². The van der Waals surface area contributed by atoms with Gasteiger partial charge in [-0.1, -0.05) is 0 Å². The van der Waals surface area contributed by atoms with Gasteiger partial charge in [-0.3, -0.25) is 4.98 Å². The molecule has 1 N–H and O–H groups in total. The summed E-state index contributed by atoms with van der Waals surface area (Å²) >= 11 is 0. The first kappa shape index (κ1) is 11.1. The quantitative estimate of drug-likeness (QED) is 0.848. The summed E-state index contributed by atoms with van der Waals surface area (Å²) in [6, 6.07) is 5.90. The number of pyridine rings is 1. The van der Waals surface area contributed by atoms with Crippen molar-refractivity contribution in [3.05, 3.63) is 36.8 Å². The summed E-state index contributed by atoms with van der Waals surface area (Å²) in [5, 5.41) is 3.35. The minimum Gasteiger partial charge on any atom is -0.369 e. The van der Waals surface area contributed by atoms with Crippen LogP contribution >= 0.6 is 0 Å². The lowest BCUT2D eigenvalue weighted by Crippen LogP contribution is -2.43. The van der Waals surface area contributed by atoms with E-state index in [0.717, 1.165) is 31.9 Å². The molecule has 1 aliphatic rings. The molecular weight excluding hydrogens is 226 g/mol. The maximum Gasteiger partial charge on any atom is 0.178 e. The molecule has 0 radical (unpaired) electrons. The third-order valence-electron chi connectivity index (χ3n) is 3.02. The first-order valence-corrected chi connectivity index (χ1v) is 6.12. The predicted molar refractivity (Wildman–Crippen MR) is 70.3 cm³/mol. The fraction of sp³-hybridized carbons (Fsp3) is 0.308. The maximum atomic E-state index is 4.34. The van der Waals surface area contributed by atoms with Crippen molar-refractivity contribution in [3.63, 3.8) is 0 Å². The molecule has 3 heterocycles. The van der Waals surface area contributed by atoms with Crippen LogP contribution in [-0.2, 0) is 0 Å². The van der Waals surface area contributed by atoms with Crippen LogP contribution in [0.5, 0.6) is 0 Å². The van der Waals surface area contributed by atoms with E-state index < -0.39 is 0 Å². The third kappa shape index (κ3) is 2.31. The highest BCUT2D eigenvalue weighted by Gasteiger charge is 2.11. The van der Waals surface area contributed by atoms with E-state index >= 15 is 0 Å². The fourth-order valence-corrected chi connectivity index (χ4v) is 2.09. The zero-order valence-corrected chi connectivity index (χ0v) is 10.1. The van der Waals surface area contributed by atoms with E-state index in [1.165, 1.54) is 5.69 Å². The van der Waals surface area contributed by atoms with Crippen LogP contribution in [0.1, 0.15) is 0 Å². The molecule has 0 saturated carbocycles. The van der Waals surface area contributed by atoms with E-state index in [2.05, 4.69) is 31.2 Å². The molecule has 2 aromatic rings. The van der Waals surface area contributed by atoms with Crippen LogP contribution in [0.2, 0.25) is 0 Å². The highest BCUT2D eigenvalue weighted by molar-refractivity contribution is 5.58. The van der Waals surface area contributed by atoms with Gasteiger partial charge in [0.15, 0.2) is 5.82 Å². The second-order valence-electron chi connectivity index (χ2n) is 4.21. The molecule has 0 atom stereocenters. The lowest BCUT2D eigenvalue weighted by Gasteiger charge is -2.29. The minimum atomic E-state index is 0.675. The average Bonchev–Trinajstić information content (AvgIpc) is 2.49. The Labute approximate surface area is 106 Å². The van der Waals surface area contributed by atoms with E-state index in [-0.39, 0.29) is 0 Å². The van der Waals surface area contributed by atoms with E-state index in [1.807, 2.05) is 18.3 Å². The van der Waals surface area contributed by atoms with Crippen molar-refractivity contribution in [2.45, 2.75) is 0 Å². The monoisotopic (exact) mass is 241 g/mol. The van der Waals surface area contributed by atoms with Gasteiger partial charge >= 0.3 is 0 Å². The maximum absolute atomic E-state index is 4.34. The van der Waals surface area contributed by atoms with Gasteiger partial charge < -0.3 is 10.2 Å². The van der Waals surface area contributed by atoms with Crippen molar-refractivity contribution in [2.24, 2.45) is 0 Å². The molecule has 5 heteroatoms. The summed E-state index contributed by atoms with van der Waals surface area (Å²) in [6.07, 6.45) is 5.30. The lowest BCUT2D eigenvalue weighted by atomic mass is 10.2. The second-order valence-corrected chi connectivity index (χ2v) is 4.21. The summed E-state index contributed by atoms with van der Waals surface area (Å²) in [5.74, 6) is 0.675. The van der Waals surface area contributed by atoms with E-state index in [9.17, 15) is 0 Å². The Bertz CT molecular complexity index is 508. The number of nitrogens with one attached hydrogen (secondary N) is 1.